The first-order valence-electron chi connectivity index (χ1n) is 6.16. The third kappa shape index (κ3) is 3.63. The van der Waals surface area contributed by atoms with Crippen LogP contribution in [0.25, 0.3) is 11.3 Å². The van der Waals surface area contributed by atoms with Crippen LogP contribution in [0.4, 0.5) is 9.80 Å². The Bertz CT molecular complexity index is 651. The molecule has 1 amide bonds. The Labute approximate surface area is 125 Å². The zero-order valence-corrected chi connectivity index (χ0v) is 12.6. The molecular formula is C14H15NO5S. The van der Waals surface area contributed by atoms with Gasteiger partial charge in [0.05, 0.1) is 6.26 Å². The topological polar surface area (TPSA) is 88.8 Å². The van der Waals surface area contributed by atoms with Crippen molar-refractivity contribution in [3.05, 3.63) is 29.3 Å². The van der Waals surface area contributed by atoms with E-state index in [-0.39, 0.29) is 10.6 Å². The van der Waals surface area contributed by atoms with E-state index in [9.17, 15) is 14.7 Å². The molecule has 0 aliphatic carbocycles. The molecule has 0 aliphatic rings. The number of anilines is 1. The Morgan fingerprint density at radius 1 is 1.38 bits per heavy atom. The number of furan rings is 1. The van der Waals surface area contributed by atoms with Gasteiger partial charge in [-0.15, -0.1) is 11.3 Å². The largest absolute Gasteiger partial charge is 0.478 e. The lowest BCUT2D eigenvalue weighted by Crippen LogP contribution is -2.27. The minimum absolute atomic E-state index is 0.0131. The lowest BCUT2D eigenvalue weighted by molar-refractivity contribution is 0.0636. The minimum Gasteiger partial charge on any atom is -0.478 e. The number of amides is 1. The van der Waals surface area contributed by atoms with Crippen LogP contribution in [0.15, 0.2) is 28.2 Å². The summed E-state index contributed by atoms with van der Waals surface area (Å²) in [6.07, 6.45) is 0.761. The van der Waals surface area contributed by atoms with Crippen LogP contribution in [-0.4, -0.2) is 22.8 Å². The van der Waals surface area contributed by atoms with E-state index < -0.39 is 17.7 Å². The first-order valence-corrected chi connectivity index (χ1v) is 7.04. The summed E-state index contributed by atoms with van der Waals surface area (Å²) in [6.45, 7) is 5.19. The highest BCUT2D eigenvalue weighted by molar-refractivity contribution is 7.15. The Morgan fingerprint density at radius 3 is 2.62 bits per heavy atom. The molecule has 2 rings (SSSR count). The molecule has 2 aromatic rings. The Hall–Kier alpha value is -2.28. The van der Waals surface area contributed by atoms with Crippen LogP contribution in [-0.2, 0) is 4.74 Å². The summed E-state index contributed by atoms with van der Waals surface area (Å²) in [5.74, 6) is -0.713. The SMILES string of the molecule is CC(C)(C)OC(=O)Nc1scc(-c2ccco2)c1C(=O)O. The summed E-state index contributed by atoms with van der Waals surface area (Å²) in [5, 5.41) is 13.6. The summed E-state index contributed by atoms with van der Waals surface area (Å²) in [7, 11) is 0. The van der Waals surface area contributed by atoms with Gasteiger partial charge < -0.3 is 14.3 Å². The van der Waals surface area contributed by atoms with Crippen molar-refractivity contribution < 1.29 is 23.8 Å². The molecule has 0 saturated carbocycles. The fraction of sp³-hybridized carbons (Fsp3) is 0.286. The van der Waals surface area contributed by atoms with E-state index in [4.69, 9.17) is 9.15 Å². The van der Waals surface area contributed by atoms with Gasteiger partial charge in [-0.05, 0) is 32.9 Å². The maximum absolute atomic E-state index is 11.8. The first kappa shape index (κ1) is 15.1. The zero-order valence-electron chi connectivity index (χ0n) is 11.8. The van der Waals surface area contributed by atoms with Gasteiger partial charge in [0.25, 0.3) is 0 Å². The van der Waals surface area contributed by atoms with Crippen LogP contribution in [0.3, 0.4) is 0 Å². The fourth-order valence-electron chi connectivity index (χ4n) is 1.67. The monoisotopic (exact) mass is 309 g/mol. The predicted octanol–water partition coefficient (Wildman–Crippen LogP) is 4.05. The molecule has 0 fully saturated rings. The van der Waals surface area contributed by atoms with Gasteiger partial charge in [-0.1, -0.05) is 0 Å². The molecule has 2 N–H and O–H groups in total. The van der Waals surface area contributed by atoms with Crippen LogP contribution in [0.1, 0.15) is 31.1 Å². The molecule has 0 saturated heterocycles. The molecule has 112 valence electrons. The van der Waals surface area contributed by atoms with E-state index in [2.05, 4.69) is 5.32 Å². The number of carbonyl (C=O) groups excluding carboxylic acids is 1. The normalized spacial score (nSPS) is 11.2. The van der Waals surface area contributed by atoms with Gasteiger partial charge in [0.15, 0.2) is 0 Å². The van der Waals surface area contributed by atoms with Crippen molar-refractivity contribution in [2.75, 3.05) is 5.32 Å². The fourth-order valence-corrected chi connectivity index (χ4v) is 2.60. The number of carboxylic acid groups (broad SMARTS) is 1. The van der Waals surface area contributed by atoms with Crippen molar-refractivity contribution in [3.8, 4) is 11.3 Å². The van der Waals surface area contributed by atoms with E-state index in [0.717, 1.165) is 11.3 Å². The molecule has 2 aromatic heterocycles. The quantitative estimate of drug-likeness (QED) is 0.892. The highest BCUT2D eigenvalue weighted by Gasteiger charge is 2.24. The maximum Gasteiger partial charge on any atom is 0.412 e. The number of ether oxygens (including phenoxy) is 1. The molecule has 6 nitrogen and oxygen atoms in total. The highest BCUT2D eigenvalue weighted by Crippen LogP contribution is 2.36. The van der Waals surface area contributed by atoms with Crippen molar-refractivity contribution in [2.24, 2.45) is 0 Å². The summed E-state index contributed by atoms with van der Waals surface area (Å²) in [6, 6.07) is 3.32. The number of hydrogen-bond donors (Lipinski definition) is 2. The second-order valence-corrected chi connectivity index (χ2v) is 6.14. The van der Waals surface area contributed by atoms with Gasteiger partial charge in [0.1, 0.15) is 21.9 Å². The molecule has 0 aliphatic heterocycles. The number of thiophene rings is 1. The molecule has 2 heterocycles. The van der Waals surface area contributed by atoms with Crippen molar-refractivity contribution >= 4 is 28.4 Å². The Balaban J connectivity index is 2.29. The van der Waals surface area contributed by atoms with Gasteiger partial charge >= 0.3 is 12.1 Å². The molecular weight excluding hydrogens is 294 g/mol. The molecule has 21 heavy (non-hydrogen) atoms. The lowest BCUT2D eigenvalue weighted by atomic mass is 10.1. The van der Waals surface area contributed by atoms with Crippen LogP contribution in [0.2, 0.25) is 0 Å². The number of carboxylic acids is 1. The number of rotatable bonds is 3. The standard InChI is InChI=1S/C14H15NO5S/c1-14(2,3)20-13(18)15-11-10(12(16)17)8(7-21-11)9-5-4-6-19-9/h4-7H,1-3H3,(H,15,18)(H,16,17). The molecule has 7 heteroatoms. The number of nitrogens with one attached hydrogen (secondary N) is 1. The molecule has 0 aromatic carbocycles. The van der Waals surface area contributed by atoms with E-state index in [1.807, 2.05) is 0 Å². The maximum atomic E-state index is 11.8. The smallest absolute Gasteiger partial charge is 0.412 e. The highest BCUT2D eigenvalue weighted by atomic mass is 32.1. The van der Waals surface area contributed by atoms with Crippen molar-refractivity contribution in [2.45, 2.75) is 26.4 Å². The van der Waals surface area contributed by atoms with Gasteiger partial charge in [-0.3, -0.25) is 5.32 Å². The average molecular weight is 309 g/mol. The van der Waals surface area contributed by atoms with Crippen molar-refractivity contribution in [1.82, 2.24) is 0 Å². The predicted molar refractivity (Wildman–Crippen MR) is 78.8 cm³/mol. The van der Waals surface area contributed by atoms with Crippen LogP contribution < -0.4 is 5.32 Å². The summed E-state index contributed by atoms with van der Waals surface area (Å²) < 4.78 is 10.3. The van der Waals surface area contributed by atoms with Gasteiger partial charge in [0, 0.05) is 10.9 Å². The second kappa shape index (κ2) is 5.61. The summed E-state index contributed by atoms with van der Waals surface area (Å²) in [5.41, 5.74) is -0.251. The molecule has 0 radical (unpaired) electrons. The van der Waals surface area contributed by atoms with E-state index >= 15 is 0 Å². The molecule has 0 unspecified atom stereocenters. The summed E-state index contributed by atoms with van der Waals surface area (Å²) >= 11 is 1.10. The third-order valence-electron chi connectivity index (χ3n) is 2.41. The zero-order chi connectivity index (χ0) is 15.6. The second-order valence-electron chi connectivity index (χ2n) is 5.26. The van der Waals surface area contributed by atoms with Gasteiger partial charge in [-0.25, -0.2) is 9.59 Å². The average Bonchev–Trinajstić information content (AvgIpc) is 2.93. The Kier molecular flexibility index (Phi) is 4.04. The Morgan fingerprint density at radius 2 is 2.10 bits per heavy atom. The van der Waals surface area contributed by atoms with E-state index in [0.29, 0.717) is 11.3 Å². The van der Waals surface area contributed by atoms with Gasteiger partial charge in [0.2, 0.25) is 0 Å². The first-order chi connectivity index (χ1) is 9.78. The molecule has 0 spiro atoms. The number of aromatic carboxylic acids is 1. The third-order valence-corrected chi connectivity index (χ3v) is 3.30. The number of carbonyl (C=O) groups is 2. The number of hydrogen-bond acceptors (Lipinski definition) is 5. The van der Waals surface area contributed by atoms with Crippen molar-refractivity contribution in [1.29, 1.82) is 0 Å². The molecule has 0 atom stereocenters. The van der Waals surface area contributed by atoms with E-state index in [1.54, 1.807) is 38.3 Å². The van der Waals surface area contributed by atoms with Crippen LogP contribution in [0.5, 0.6) is 0 Å². The van der Waals surface area contributed by atoms with Crippen molar-refractivity contribution in [3.63, 3.8) is 0 Å². The lowest BCUT2D eigenvalue weighted by Gasteiger charge is -2.19. The van der Waals surface area contributed by atoms with Crippen LogP contribution in [0, 0.1) is 0 Å². The van der Waals surface area contributed by atoms with Gasteiger partial charge in [-0.2, -0.15) is 0 Å². The minimum atomic E-state index is -1.14. The van der Waals surface area contributed by atoms with E-state index in [1.165, 1.54) is 6.26 Å². The molecule has 0 bridgehead atoms. The van der Waals surface area contributed by atoms with Crippen LogP contribution >= 0.6 is 11.3 Å². The summed E-state index contributed by atoms with van der Waals surface area (Å²) in [4.78, 5) is 23.2.